The fourth-order valence-electron chi connectivity index (χ4n) is 3.62. The van der Waals surface area contributed by atoms with Crippen LogP contribution in [-0.2, 0) is 17.8 Å². The topological polar surface area (TPSA) is 42.0 Å². The molecule has 3 rings (SSSR count). The SMILES string of the molecule is COc1cc2c(cc1OC)CN(C(=O)CN(C)C(C)c1ccc(Cl)cc1Cl)CC2. The Hall–Kier alpha value is -1.95. The molecule has 7 heteroatoms. The Morgan fingerprint density at radius 2 is 1.79 bits per heavy atom. The van der Waals surface area contributed by atoms with Crippen LogP contribution in [0.15, 0.2) is 30.3 Å². The molecule has 0 aliphatic carbocycles. The van der Waals surface area contributed by atoms with Gasteiger partial charge in [0.05, 0.1) is 20.8 Å². The third-order valence-electron chi connectivity index (χ3n) is 5.53. The summed E-state index contributed by atoms with van der Waals surface area (Å²) in [6.45, 7) is 3.59. The van der Waals surface area contributed by atoms with Crippen molar-refractivity contribution in [3.63, 3.8) is 0 Å². The van der Waals surface area contributed by atoms with Crippen molar-refractivity contribution in [1.29, 1.82) is 0 Å². The fraction of sp³-hybridized carbons (Fsp3) is 0.409. The molecule has 1 unspecified atom stereocenters. The predicted molar refractivity (Wildman–Crippen MR) is 116 cm³/mol. The Morgan fingerprint density at radius 3 is 2.41 bits per heavy atom. The first kappa shape index (κ1) is 21.8. The lowest BCUT2D eigenvalue weighted by molar-refractivity contribution is -0.133. The average Bonchev–Trinajstić information content (AvgIpc) is 2.71. The molecule has 1 heterocycles. The normalized spacial score (nSPS) is 14.5. The highest BCUT2D eigenvalue weighted by atomic mass is 35.5. The molecule has 1 aliphatic heterocycles. The van der Waals surface area contributed by atoms with Gasteiger partial charge >= 0.3 is 0 Å². The predicted octanol–water partition coefficient (Wildman–Crippen LogP) is 4.59. The van der Waals surface area contributed by atoms with Crippen molar-refractivity contribution in [2.45, 2.75) is 25.9 Å². The zero-order chi connectivity index (χ0) is 21.1. The Kier molecular flexibility index (Phi) is 6.93. The van der Waals surface area contributed by atoms with Crippen molar-refractivity contribution in [2.75, 3.05) is 34.4 Å². The molecule has 2 aromatic carbocycles. The summed E-state index contributed by atoms with van der Waals surface area (Å²) in [4.78, 5) is 16.8. The Labute approximate surface area is 182 Å². The van der Waals surface area contributed by atoms with Crippen LogP contribution in [0.5, 0.6) is 11.5 Å². The zero-order valence-electron chi connectivity index (χ0n) is 17.2. The van der Waals surface area contributed by atoms with Gasteiger partial charge in [0.1, 0.15) is 0 Å². The lowest BCUT2D eigenvalue weighted by Crippen LogP contribution is -2.42. The van der Waals surface area contributed by atoms with E-state index in [0.29, 0.717) is 35.4 Å². The summed E-state index contributed by atoms with van der Waals surface area (Å²) in [7, 11) is 5.18. The van der Waals surface area contributed by atoms with Crippen LogP contribution in [-0.4, -0.2) is 50.1 Å². The highest BCUT2D eigenvalue weighted by Gasteiger charge is 2.25. The van der Waals surface area contributed by atoms with Crippen molar-refractivity contribution in [2.24, 2.45) is 0 Å². The summed E-state index contributed by atoms with van der Waals surface area (Å²) in [6.07, 6.45) is 0.795. The maximum Gasteiger partial charge on any atom is 0.237 e. The van der Waals surface area contributed by atoms with Crippen LogP contribution in [0.4, 0.5) is 0 Å². The van der Waals surface area contributed by atoms with Gasteiger partial charge in [-0.05, 0) is 61.3 Å². The number of halogens is 2. The number of hydrogen-bond donors (Lipinski definition) is 0. The summed E-state index contributed by atoms with van der Waals surface area (Å²) < 4.78 is 10.8. The molecule has 0 bridgehead atoms. The zero-order valence-corrected chi connectivity index (χ0v) is 18.7. The highest BCUT2D eigenvalue weighted by molar-refractivity contribution is 6.35. The number of rotatable bonds is 6. The van der Waals surface area contributed by atoms with Gasteiger partial charge in [-0.1, -0.05) is 29.3 Å². The lowest BCUT2D eigenvalue weighted by Gasteiger charge is -2.32. The van der Waals surface area contributed by atoms with Crippen LogP contribution < -0.4 is 9.47 Å². The minimum atomic E-state index is -0.00912. The van der Waals surface area contributed by atoms with Crippen molar-refractivity contribution in [3.05, 3.63) is 57.1 Å². The van der Waals surface area contributed by atoms with Crippen LogP contribution in [0.1, 0.15) is 29.7 Å². The van der Waals surface area contributed by atoms with E-state index in [9.17, 15) is 4.79 Å². The maximum atomic E-state index is 12.9. The van der Waals surface area contributed by atoms with E-state index in [0.717, 1.165) is 23.3 Å². The van der Waals surface area contributed by atoms with E-state index in [1.54, 1.807) is 20.3 Å². The third kappa shape index (κ3) is 4.80. The Bertz CT molecular complexity index is 904. The number of nitrogens with zero attached hydrogens (tertiary/aromatic N) is 2. The standard InChI is InChI=1S/C22H26Cl2N2O3/c1-14(18-6-5-17(23)11-19(18)24)25(2)13-22(27)26-8-7-15-9-20(28-3)21(29-4)10-16(15)12-26/h5-6,9-11,14H,7-8,12-13H2,1-4H3. The molecule has 0 saturated heterocycles. The van der Waals surface area contributed by atoms with Crippen LogP contribution in [0.25, 0.3) is 0 Å². The molecular weight excluding hydrogens is 411 g/mol. The number of carbonyl (C=O) groups excluding carboxylic acids is 1. The fourth-order valence-corrected chi connectivity index (χ4v) is 4.19. The maximum absolute atomic E-state index is 12.9. The van der Waals surface area contributed by atoms with Gasteiger partial charge in [-0.25, -0.2) is 0 Å². The van der Waals surface area contributed by atoms with Crippen molar-refractivity contribution in [1.82, 2.24) is 9.80 Å². The third-order valence-corrected chi connectivity index (χ3v) is 6.09. The van der Waals surface area contributed by atoms with E-state index in [-0.39, 0.29) is 11.9 Å². The molecule has 0 fully saturated rings. The van der Waals surface area contributed by atoms with Crippen molar-refractivity contribution in [3.8, 4) is 11.5 Å². The molecule has 1 atom stereocenters. The molecule has 0 saturated carbocycles. The number of methoxy groups -OCH3 is 2. The number of benzene rings is 2. The number of ether oxygens (including phenoxy) is 2. The molecular formula is C22H26Cl2N2O3. The van der Waals surface area contributed by atoms with Gasteiger partial charge < -0.3 is 14.4 Å². The van der Waals surface area contributed by atoms with Gasteiger partial charge in [0.2, 0.25) is 5.91 Å². The molecule has 29 heavy (non-hydrogen) atoms. The van der Waals surface area contributed by atoms with Gasteiger partial charge in [-0.15, -0.1) is 0 Å². The van der Waals surface area contributed by atoms with Crippen LogP contribution in [0, 0.1) is 0 Å². The minimum absolute atomic E-state index is 0.00912. The van der Waals surface area contributed by atoms with Gasteiger partial charge in [-0.3, -0.25) is 9.69 Å². The summed E-state index contributed by atoms with van der Waals surface area (Å²) >= 11 is 12.3. The molecule has 0 aromatic heterocycles. The second kappa shape index (κ2) is 9.24. The second-order valence-electron chi connectivity index (χ2n) is 7.30. The number of hydrogen-bond acceptors (Lipinski definition) is 4. The van der Waals surface area contributed by atoms with Crippen LogP contribution in [0.3, 0.4) is 0 Å². The molecule has 1 amide bonds. The number of fused-ring (bicyclic) bond motifs is 1. The summed E-state index contributed by atoms with van der Waals surface area (Å²) in [6, 6.07) is 9.42. The summed E-state index contributed by atoms with van der Waals surface area (Å²) in [5.41, 5.74) is 3.24. The van der Waals surface area contributed by atoms with E-state index in [4.69, 9.17) is 32.7 Å². The molecule has 0 N–H and O–H groups in total. The summed E-state index contributed by atoms with van der Waals surface area (Å²) in [5.74, 6) is 1.49. The van der Waals surface area contributed by atoms with E-state index < -0.39 is 0 Å². The van der Waals surface area contributed by atoms with Gasteiger partial charge in [0.15, 0.2) is 11.5 Å². The Morgan fingerprint density at radius 1 is 1.14 bits per heavy atom. The summed E-state index contributed by atoms with van der Waals surface area (Å²) in [5, 5.41) is 1.21. The highest BCUT2D eigenvalue weighted by Crippen LogP contribution is 2.33. The van der Waals surface area contributed by atoms with E-state index >= 15 is 0 Å². The second-order valence-corrected chi connectivity index (χ2v) is 8.14. The lowest BCUT2D eigenvalue weighted by atomic mass is 9.98. The van der Waals surface area contributed by atoms with Crippen molar-refractivity contribution < 1.29 is 14.3 Å². The van der Waals surface area contributed by atoms with Crippen molar-refractivity contribution >= 4 is 29.1 Å². The first-order valence-electron chi connectivity index (χ1n) is 9.50. The molecule has 1 aliphatic rings. The molecule has 5 nitrogen and oxygen atoms in total. The van der Waals surface area contributed by atoms with E-state index in [1.807, 2.05) is 48.0 Å². The molecule has 2 aromatic rings. The van der Waals surface area contributed by atoms with E-state index in [1.165, 1.54) is 5.56 Å². The molecule has 156 valence electrons. The van der Waals surface area contributed by atoms with Crippen LogP contribution in [0.2, 0.25) is 10.0 Å². The minimum Gasteiger partial charge on any atom is -0.493 e. The van der Waals surface area contributed by atoms with E-state index in [2.05, 4.69) is 0 Å². The number of carbonyl (C=O) groups is 1. The first-order chi connectivity index (χ1) is 13.8. The largest absolute Gasteiger partial charge is 0.493 e. The first-order valence-corrected chi connectivity index (χ1v) is 10.3. The molecule has 0 spiro atoms. The van der Waals surface area contributed by atoms with Crippen LogP contribution >= 0.6 is 23.2 Å². The average molecular weight is 437 g/mol. The molecule has 0 radical (unpaired) electrons. The smallest absolute Gasteiger partial charge is 0.237 e. The number of likely N-dealkylation sites (N-methyl/N-ethyl adjacent to an activating group) is 1. The monoisotopic (exact) mass is 436 g/mol. The van der Waals surface area contributed by atoms with Gasteiger partial charge in [0, 0.05) is 29.2 Å². The quantitative estimate of drug-likeness (QED) is 0.663. The number of amides is 1. The Balaban J connectivity index is 1.68. The van der Waals surface area contributed by atoms with Gasteiger partial charge in [-0.2, -0.15) is 0 Å². The van der Waals surface area contributed by atoms with Gasteiger partial charge in [0.25, 0.3) is 0 Å².